The first-order valence-electron chi connectivity index (χ1n) is 7.83. The third-order valence-electron chi connectivity index (χ3n) is 3.76. The van der Waals surface area contributed by atoms with Crippen molar-refractivity contribution in [3.8, 4) is 0 Å². The maximum absolute atomic E-state index is 12.4. The summed E-state index contributed by atoms with van der Waals surface area (Å²) in [5.41, 5.74) is 1.02. The predicted molar refractivity (Wildman–Crippen MR) is 114 cm³/mol. The van der Waals surface area contributed by atoms with Crippen LogP contribution in [-0.2, 0) is 16.3 Å². The number of rotatable bonds is 5. The number of nitrogens with zero attached hydrogens (tertiary/aromatic N) is 1. The van der Waals surface area contributed by atoms with Crippen LogP contribution in [0.2, 0.25) is 15.1 Å². The average Bonchev–Trinajstić information content (AvgIpc) is 3.05. The van der Waals surface area contributed by atoms with E-state index >= 15 is 0 Å². The molecular formula is C18H13Cl3N2O3S2. The molecule has 10 heteroatoms. The van der Waals surface area contributed by atoms with Crippen molar-refractivity contribution in [1.29, 1.82) is 0 Å². The van der Waals surface area contributed by atoms with E-state index in [0.717, 1.165) is 16.7 Å². The largest absolute Gasteiger partial charge is 0.298 e. The van der Waals surface area contributed by atoms with Crippen LogP contribution in [0.4, 0.5) is 5.13 Å². The van der Waals surface area contributed by atoms with Gasteiger partial charge in [-0.1, -0.05) is 46.9 Å². The average molecular weight is 476 g/mol. The van der Waals surface area contributed by atoms with Crippen molar-refractivity contribution in [2.24, 2.45) is 0 Å². The third kappa shape index (κ3) is 4.85. The number of nitrogens with one attached hydrogen (secondary N) is 1. The number of carbonyl (C=O) groups excluding carboxylic acids is 1. The minimum Gasteiger partial charge on any atom is -0.298 e. The Morgan fingerprint density at radius 3 is 2.61 bits per heavy atom. The first kappa shape index (κ1) is 21.1. The molecule has 146 valence electrons. The quantitative estimate of drug-likeness (QED) is 0.540. The lowest BCUT2D eigenvalue weighted by Gasteiger charge is -2.06. The summed E-state index contributed by atoms with van der Waals surface area (Å²) in [6.07, 6.45) is 3.19. The highest BCUT2D eigenvalue weighted by molar-refractivity contribution is 7.90. The van der Waals surface area contributed by atoms with Crippen LogP contribution in [0.5, 0.6) is 0 Å². The zero-order valence-electron chi connectivity index (χ0n) is 14.4. The van der Waals surface area contributed by atoms with Crippen molar-refractivity contribution >= 4 is 67.0 Å². The fourth-order valence-electron chi connectivity index (χ4n) is 2.42. The number of hydrogen-bond donors (Lipinski definition) is 1. The lowest BCUT2D eigenvalue weighted by atomic mass is 10.1. The van der Waals surface area contributed by atoms with E-state index in [1.54, 1.807) is 12.3 Å². The van der Waals surface area contributed by atoms with Crippen molar-refractivity contribution in [1.82, 2.24) is 4.98 Å². The Kier molecular flexibility index (Phi) is 6.31. The standard InChI is InChI=1S/C18H13Cl3N2O3S2/c1-28(25,26)15-8-11(5-6-13(15)19)17(24)23-18-22-9-12(27-18)7-10-3-2-4-14(20)16(10)21/h2-6,8-9H,7H2,1H3,(H,22,23,24). The van der Waals surface area contributed by atoms with Gasteiger partial charge < -0.3 is 0 Å². The van der Waals surface area contributed by atoms with Crippen LogP contribution in [0.1, 0.15) is 20.8 Å². The molecule has 0 radical (unpaired) electrons. The molecule has 0 saturated carbocycles. The molecule has 0 atom stereocenters. The van der Waals surface area contributed by atoms with Crippen molar-refractivity contribution in [2.45, 2.75) is 11.3 Å². The molecule has 0 bridgehead atoms. The lowest BCUT2D eigenvalue weighted by Crippen LogP contribution is -2.12. The highest BCUT2D eigenvalue weighted by Crippen LogP contribution is 2.30. The summed E-state index contributed by atoms with van der Waals surface area (Å²) in [5, 5.41) is 4.06. The molecule has 0 aliphatic rings. The zero-order chi connectivity index (χ0) is 20.5. The Balaban J connectivity index is 1.77. The summed E-state index contributed by atoms with van der Waals surface area (Å²) >= 11 is 19.4. The first-order valence-corrected chi connectivity index (χ1v) is 11.7. The van der Waals surface area contributed by atoms with Gasteiger partial charge in [0.05, 0.1) is 20.0 Å². The Morgan fingerprint density at radius 1 is 1.14 bits per heavy atom. The summed E-state index contributed by atoms with van der Waals surface area (Å²) in [5.74, 6) is -0.483. The van der Waals surface area contributed by atoms with Crippen molar-refractivity contribution in [3.63, 3.8) is 0 Å². The molecule has 1 amide bonds. The van der Waals surface area contributed by atoms with Crippen LogP contribution in [0.3, 0.4) is 0 Å². The van der Waals surface area contributed by atoms with Crippen LogP contribution in [0.15, 0.2) is 47.5 Å². The number of halogens is 3. The molecule has 3 aromatic rings. The van der Waals surface area contributed by atoms with E-state index in [1.165, 1.54) is 29.5 Å². The molecule has 1 N–H and O–H groups in total. The van der Waals surface area contributed by atoms with Gasteiger partial charge in [0, 0.05) is 29.3 Å². The number of thiazole rings is 1. The maximum Gasteiger partial charge on any atom is 0.257 e. The predicted octanol–water partition coefficient (Wildman–Crippen LogP) is 5.35. The second-order valence-corrected chi connectivity index (χ2v) is 10.2. The van der Waals surface area contributed by atoms with Gasteiger partial charge in [0.2, 0.25) is 0 Å². The minimum absolute atomic E-state index is 0.0639. The minimum atomic E-state index is -3.55. The van der Waals surface area contributed by atoms with Gasteiger partial charge in [-0.2, -0.15) is 0 Å². The third-order valence-corrected chi connectivity index (χ3v) is 7.11. The van der Waals surface area contributed by atoms with Crippen molar-refractivity contribution in [3.05, 3.63) is 73.7 Å². The Morgan fingerprint density at radius 2 is 1.89 bits per heavy atom. The van der Waals surface area contributed by atoms with Crippen LogP contribution in [-0.4, -0.2) is 25.6 Å². The topological polar surface area (TPSA) is 76.1 Å². The molecule has 5 nitrogen and oxygen atoms in total. The van der Waals surface area contributed by atoms with E-state index in [9.17, 15) is 13.2 Å². The van der Waals surface area contributed by atoms with E-state index in [2.05, 4.69) is 10.3 Å². The van der Waals surface area contributed by atoms with Crippen LogP contribution in [0, 0.1) is 0 Å². The molecule has 0 aliphatic carbocycles. The molecule has 3 rings (SSSR count). The van der Waals surface area contributed by atoms with Gasteiger partial charge in [0.1, 0.15) is 0 Å². The number of aromatic nitrogens is 1. The van der Waals surface area contributed by atoms with Gasteiger partial charge in [-0.25, -0.2) is 13.4 Å². The van der Waals surface area contributed by atoms with Crippen molar-refractivity contribution < 1.29 is 13.2 Å². The summed E-state index contributed by atoms with van der Waals surface area (Å²) in [4.78, 5) is 17.4. The molecule has 0 saturated heterocycles. The highest BCUT2D eigenvalue weighted by Gasteiger charge is 2.17. The van der Waals surface area contributed by atoms with Crippen LogP contribution < -0.4 is 5.32 Å². The fraction of sp³-hybridized carbons (Fsp3) is 0.111. The van der Waals surface area contributed by atoms with Gasteiger partial charge in [0.25, 0.3) is 5.91 Å². The Hall–Kier alpha value is -1.64. The molecule has 0 spiro atoms. The zero-order valence-corrected chi connectivity index (χ0v) is 18.3. The number of benzene rings is 2. The molecule has 1 aromatic heterocycles. The number of carbonyl (C=O) groups is 1. The second kappa shape index (κ2) is 8.39. The molecule has 0 fully saturated rings. The number of anilines is 1. The SMILES string of the molecule is CS(=O)(=O)c1cc(C(=O)Nc2ncc(Cc3cccc(Cl)c3Cl)s2)ccc1Cl. The summed E-state index contributed by atoms with van der Waals surface area (Å²) in [6, 6.07) is 9.46. The summed E-state index contributed by atoms with van der Waals surface area (Å²) < 4.78 is 23.5. The normalized spacial score (nSPS) is 11.4. The Labute approximate surface area is 181 Å². The van der Waals surface area contributed by atoms with Gasteiger partial charge in [-0.3, -0.25) is 10.1 Å². The van der Waals surface area contributed by atoms with Gasteiger partial charge in [-0.15, -0.1) is 11.3 Å². The summed E-state index contributed by atoms with van der Waals surface area (Å²) in [7, 11) is -3.55. The van der Waals surface area contributed by atoms with E-state index in [4.69, 9.17) is 34.8 Å². The molecule has 28 heavy (non-hydrogen) atoms. The highest BCUT2D eigenvalue weighted by atomic mass is 35.5. The molecule has 0 unspecified atom stereocenters. The Bertz CT molecular complexity index is 1160. The maximum atomic E-state index is 12.4. The van der Waals surface area contributed by atoms with E-state index in [0.29, 0.717) is 21.6 Å². The molecule has 0 aliphatic heterocycles. The first-order chi connectivity index (χ1) is 13.1. The lowest BCUT2D eigenvalue weighted by molar-refractivity contribution is 0.102. The number of amides is 1. The fourth-order valence-corrected chi connectivity index (χ4v) is 4.94. The van der Waals surface area contributed by atoms with Gasteiger partial charge >= 0.3 is 0 Å². The number of hydrogen-bond acceptors (Lipinski definition) is 5. The van der Waals surface area contributed by atoms with Crippen LogP contribution >= 0.6 is 46.1 Å². The second-order valence-electron chi connectivity index (χ2n) is 5.89. The summed E-state index contributed by atoms with van der Waals surface area (Å²) in [6.45, 7) is 0. The molecule has 2 aromatic carbocycles. The van der Waals surface area contributed by atoms with Gasteiger partial charge in [0.15, 0.2) is 15.0 Å². The van der Waals surface area contributed by atoms with Crippen LogP contribution in [0.25, 0.3) is 0 Å². The van der Waals surface area contributed by atoms with E-state index in [1.807, 2.05) is 12.1 Å². The number of sulfone groups is 1. The van der Waals surface area contributed by atoms with E-state index in [-0.39, 0.29) is 15.5 Å². The monoisotopic (exact) mass is 474 g/mol. The van der Waals surface area contributed by atoms with Gasteiger partial charge in [-0.05, 0) is 29.8 Å². The van der Waals surface area contributed by atoms with E-state index < -0.39 is 15.7 Å². The molecular weight excluding hydrogens is 463 g/mol. The molecule has 1 heterocycles. The van der Waals surface area contributed by atoms with Crippen molar-refractivity contribution in [2.75, 3.05) is 11.6 Å². The smallest absolute Gasteiger partial charge is 0.257 e.